The number of benzene rings is 2. The number of hydrogen-bond donors (Lipinski definition) is 2. The van der Waals surface area contributed by atoms with E-state index in [1.165, 1.54) is 11.1 Å². The van der Waals surface area contributed by atoms with Crippen molar-refractivity contribution in [3.8, 4) is 11.6 Å². The molecule has 2 aromatic carbocycles. The molecule has 3 aromatic rings. The van der Waals surface area contributed by atoms with Crippen molar-refractivity contribution < 1.29 is 29.0 Å². The second-order valence-electron chi connectivity index (χ2n) is 8.68. The van der Waals surface area contributed by atoms with Crippen molar-refractivity contribution in [1.82, 2.24) is 15.0 Å². The lowest BCUT2D eigenvalue weighted by Crippen LogP contribution is -2.49. The van der Waals surface area contributed by atoms with Gasteiger partial charge in [-0.3, -0.25) is 9.63 Å². The normalized spacial score (nSPS) is 17.0. The van der Waals surface area contributed by atoms with E-state index < -0.39 is 11.5 Å². The molecule has 2 N–H and O–H groups in total. The zero-order chi connectivity index (χ0) is 26.8. The Kier molecular flexibility index (Phi) is 9.16. The summed E-state index contributed by atoms with van der Waals surface area (Å²) in [6, 6.07) is 20.3. The van der Waals surface area contributed by atoms with E-state index in [9.17, 15) is 14.7 Å². The number of aromatic nitrogens is 2. The first-order valence-electron chi connectivity index (χ1n) is 12.0. The average Bonchev–Trinajstić information content (AvgIpc) is 2.91. The minimum atomic E-state index is -1.07. The summed E-state index contributed by atoms with van der Waals surface area (Å²) in [7, 11) is 0. The second kappa shape index (κ2) is 12.9. The molecule has 1 atom stereocenters. The van der Waals surface area contributed by atoms with Gasteiger partial charge in [0.15, 0.2) is 0 Å². The van der Waals surface area contributed by atoms with Gasteiger partial charge in [0.25, 0.3) is 0 Å². The molecule has 1 unspecified atom stereocenters. The number of hydroxylamine groups is 2. The van der Waals surface area contributed by atoms with Gasteiger partial charge in [0.05, 0.1) is 18.6 Å². The monoisotopic (exact) mass is 538 g/mol. The fourth-order valence-corrected chi connectivity index (χ4v) is 4.25. The van der Waals surface area contributed by atoms with Gasteiger partial charge in [-0.1, -0.05) is 60.1 Å². The van der Waals surface area contributed by atoms with Crippen LogP contribution >= 0.6 is 11.6 Å². The van der Waals surface area contributed by atoms with Crippen LogP contribution < -0.4 is 14.8 Å². The van der Waals surface area contributed by atoms with Crippen LogP contribution in [-0.2, 0) is 21.0 Å². The topological polar surface area (TPSA) is 123 Å². The number of halogens is 1. The SMILES string of the molecule is O=C=C1CC(CC(=O)O)(Nc2nc(Cl)cc(OCCOc3ccccc3)n2)CCN1OCc1ccccc1. The summed E-state index contributed by atoms with van der Waals surface area (Å²) in [5, 5.41) is 14.3. The highest BCUT2D eigenvalue weighted by atomic mass is 35.5. The van der Waals surface area contributed by atoms with Crippen LogP contribution in [0.1, 0.15) is 24.8 Å². The molecule has 1 aliphatic rings. The van der Waals surface area contributed by atoms with Gasteiger partial charge in [-0.25, -0.2) is 14.8 Å². The van der Waals surface area contributed by atoms with E-state index in [0.717, 1.165) is 5.56 Å². The number of ether oxygens (including phenoxy) is 2. The van der Waals surface area contributed by atoms with E-state index in [1.807, 2.05) is 66.6 Å². The first kappa shape index (κ1) is 26.9. The molecule has 1 fully saturated rings. The highest BCUT2D eigenvalue weighted by Gasteiger charge is 2.41. The second-order valence-corrected chi connectivity index (χ2v) is 9.06. The Morgan fingerprint density at radius 2 is 1.79 bits per heavy atom. The largest absolute Gasteiger partial charge is 0.490 e. The molecule has 10 nitrogen and oxygen atoms in total. The zero-order valence-electron chi connectivity index (χ0n) is 20.5. The summed E-state index contributed by atoms with van der Waals surface area (Å²) in [6.07, 6.45) is 0.0759. The lowest BCUT2D eigenvalue weighted by Gasteiger charge is -2.41. The van der Waals surface area contributed by atoms with E-state index >= 15 is 0 Å². The number of carboxylic acid groups (broad SMARTS) is 1. The number of piperidine rings is 1. The van der Waals surface area contributed by atoms with Crippen molar-refractivity contribution in [1.29, 1.82) is 0 Å². The Bertz CT molecular complexity index is 1270. The van der Waals surface area contributed by atoms with Crippen LogP contribution in [0.2, 0.25) is 5.15 Å². The fraction of sp³-hybridized carbons (Fsp3) is 0.296. The third-order valence-corrected chi connectivity index (χ3v) is 6.02. The number of carboxylic acids is 1. The average molecular weight is 539 g/mol. The summed E-state index contributed by atoms with van der Waals surface area (Å²) >= 11 is 6.19. The van der Waals surface area contributed by atoms with Crippen molar-refractivity contribution in [2.75, 3.05) is 25.1 Å². The number of nitrogens with zero attached hydrogens (tertiary/aromatic N) is 3. The van der Waals surface area contributed by atoms with Crippen LogP contribution in [0.15, 0.2) is 72.4 Å². The molecule has 0 spiro atoms. The molecule has 38 heavy (non-hydrogen) atoms. The smallest absolute Gasteiger partial charge is 0.305 e. The lowest BCUT2D eigenvalue weighted by atomic mass is 9.83. The van der Waals surface area contributed by atoms with Crippen molar-refractivity contribution in [2.24, 2.45) is 0 Å². The van der Waals surface area contributed by atoms with Crippen molar-refractivity contribution in [3.05, 3.63) is 83.1 Å². The molecular formula is C27H27ClN4O6. The fourth-order valence-electron chi connectivity index (χ4n) is 4.08. The molecule has 4 rings (SSSR count). The number of nitrogens with one attached hydrogen (secondary N) is 1. The number of anilines is 1. The van der Waals surface area contributed by atoms with Gasteiger partial charge >= 0.3 is 5.97 Å². The predicted molar refractivity (Wildman–Crippen MR) is 139 cm³/mol. The summed E-state index contributed by atoms with van der Waals surface area (Å²) in [5.41, 5.74) is 0.0635. The standard InChI is InChI=1S/C27H27ClN4O6/c28-23-15-24(37-14-13-36-22-9-5-2-6-10-22)30-26(29-23)31-27(17-25(34)35)11-12-32(21(16-27)18-33)38-19-20-7-3-1-4-8-20/h1-10,15H,11-14,16-17,19H2,(H,34,35)(H,29,30,31). The number of hydrogen-bond acceptors (Lipinski definition) is 9. The van der Waals surface area contributed by atoms with Crippen LogP contribution in [0.25, 0.3) is 0 Å². The highest BCUT2D eigenvalue weighted by molar-refractivity contribution is 6.29. The number of carbonyl (C=O) groups excluding carboxylic acids is 1. The van der Waals surface area contributed by atoms with Crippen LogP contribution in [0.4, 0.5) is 5.95 Å². The van der Waals surface area contributed by atoms with Crippen molar-refractivity contribution >= 4 is 29.5 Å². The van der Waals surface area contributed by atoms with E-state index in [4.69, 9.17) is 25.9 Å². The van der Waals surface area contributed by atoms with E-state index in [2.05, 4.69) is 15.3 Å². The zero-order valence-corrected chi connectivity index (χ0v) is 21.3. The molecule has 11 heteroatoms. The molecule has 0 saturated carbocycles. The number of carbonyl (C=O) groups is 1. The van der Waals surface area contributed by atoms with Crippen LogP contribution in [0.3, 0.4) is 0 Å². The van der Waals surface area contributed by atoms with Gasteiger partial charge in [0.1, 0.15) is 35.8 Å². The first-order valence-corrected chi connectivity index (χ1v) is 12.4. The summed E-state index contributed by atoms with van der Waals surface area (Å²) in [5.74, 6) is 1.86. The predicted octanol–water partition coefficient (Wildman–Crippen LogP) is 4.16. The highest BCUT2D eigenvalue weighted by Crippen LogP contribution is 2.35. The van der Waals surface area contributed by atoms with E-state index in [1.54, 1.807) is 0 Å². The molecule has 0 amide bonds. The lowest BCUT2D eigenvalue weighted by molar-refractivity contribution is -0.158. The third kappa shape index (κ3) is 7.69. The number of aliphatic carboxylic acids is 1. The van der Waals surface area contributed by atoms with Crippen molar-refractivity contribution in [2.45, 2.75) is 31.4 Å². The number of para-hydroxylation sites is 1. The molecule has 1 saturated heterocycles. The third-order valence-electron chi connectivity index (χ3n) is 5.83. The Balaban J connectivity index is 1.41. The minimum absolute atomic E-state index is 0.0363. The summed E-state index contributed by atoms with van der Waals surface area (Å²) in [6.45, 7) is 1.01. The van der Waals surface area contributed by atoms with Gasteiger partial charge in [-0.2, -0.15) is 4.98 Å². The van der Waals surface area contributed by atoms with Crippen molar-refractivity contribution in [3.63, 3.8) is 0 Å². The van der Waals surface area contributed by atoms with Gasteiger partial charge < -0.3 is 19.9 Å². The van der Waals surface area contributed by atoms with Crippen LogP contribution in [0.5, 0.6) is 11.6 Å². The maximum Gasteiger partial charge on any atom is 0.305 e. The summed E-state index contributed by atoms with van der Waals surface area (Å²) < 4.78 is 11.3. The van der Waals surface area contributed by atoms with E-state index in [0.29, 0.717) is 12.2 Å². The summed E-state index contributed by atoms with van der Waals surface area (Å²) in [4.78, 5) is 37.9. The van der Waals surface area contributed by atoms with Gasteiger partial charge in [-0.05, 0) is 24.1 Å². The Labute approximate surface area is 224 Å². The molecule has 0 aliphatic carbocycles. The molecular weight excluding hydrogens is 512 g/mol. The molecule has 1 aliphatic heterocycles. The van der Waals surface area contributed by atoms with Gasteiger partial charge in [0, 0.05) is 19.0 Å². The Hall–Kier alpha value is -4.11. The molecule has 198 valence electrons. The molecule has 2 heterocycles. The molecule has 0 radical (unpaired) electrons. The van der Waals surface area contributed by atoms with Crippen LogP contribution in [-0.4, -0.2) is 57.3 Å². The van der Waals surface area contributed by atoms with Gasteiger partial charge in [-0.15, -0.1) is 0 Å². The minimum Gasteiger partial charge on any atom is -0.490 e. The molecule has 0 bridgehead atoms. The molecule has 1 aromatic heterocycles. The maximum atomic E-state index is 11.8. The number of rotatable bonds is 12. The van der Waals surface area contributed by atoms with Gasteiger partial charge in [0.2, 0.25) is 11.8 Å². The van der Waals surface area contributed by atoms with E-state index in [-0.39, 0.29) is 61.9 Å². The Morgan fingerprint density at radius 3 is 2.50 bits per heavy atom. The Morgan fingerprint density at radius 1 is 1.08 bits per heavy atom. The maximum absolute atomic E-state index is 11.8. The van der Waals surface area contributed by atoms with Crippen LogP contribution in [0, 0.1) is 0 Å². The first-order chi connectivity index (χ1) is 18.4. The quantitative estimate of drug-likeness (QED) is 0.197.